The maximum atomic E-state index is 13.6. The number of alkyl halides is 3. The molecule has 0 unspecified atom stereocenters. The Morgan fingerprint density at radius 1 is 1.09 bits per heavy atom. The summed E-state index contributed by atoms with van der Waals surface area (Å²) in [7, 11) is 1.44. The van der Waals surface area contributed by atoms with Crippen molar-refractivity contribution < 1.29 is 22.7 Å². The standard InChI is InChI=1S/C24H25F3N6O2/c1-28-22(34)18-4-2-3-5-20(18)31-21-19(24(25,26)27)15-30-23(32-21)29-14-16-6-8-17(9-7-16)33-10-12-35-13-11-33/h2-9,15H,10-14H2,1H3,(H,28,34)(H2,29,30,31,32). The number of morpholine rings is 1. The third-order valence-corrected chi connectivity index (χ3v) is 5.51. The monoisotopic (exact) mass is 486 g/mol. The molecule has 0 radical (unpaired) electrons. The minimum absolute atomic E-state index is 0.0233. The van der Waals surface area contributed by atoms with Crippen LogP contribution in [0.3, 0.4) is 0 Å². The third-order valence-electron chi connectivity index (χ3n) is 5.51. The number of nitrogens with zero attached hydrogens (tertiary/aromatic N) is 3. The number of aromatic nitrogens is 2. The topological polar surface area (TPSA) is 91.4 Å². The molecular weight excluding hydrogens is 461 g/mol. The Bertz CT molecular complexity index is 1160. The second-order valence-electron chi connectivity index (χ2n) is 7.82. The van der Waals surface area contributed by atoms with E-state index in [9.17, 15) is 18.0 Å². The Morgan fingerprint density at radius 2 is 1.80 bits per heavy atom. The van der Waals surface area contributed by atoms with E-state index < -0.39 is 23.5 Å². The minimum Gasteiger partial charge on any atom is -0.378 e. The minimum atomic E-state index is -4.68. The SMILES string of the molecule is CNC(=O)c1ccccc1Nc1nc(NCc2ccc(N3CCOCC3)cc2)ncc1C(F)(F)F. The van der Waals surface area contributed by atoms with Gasteiger partial charge in [0.05, 0.1) is 24.5 Å². The van der Waals surface area contributed by atoms with Crippen LogP contribution in [0.15, 0.2) is 54.7 Å². The van der Waals surface area contributed by atoms with E-state index >= 15 is 0 Å². The summed E-state index contributed by atoms with van der Waals surface area (Å²) in [6.07, 6.45) is -3.96. The number of carbonyl (C=O) groups is 1. The lowest BCUT2D eigenvalue weighted by molar-refractivity contribution is -0.137. The number of hydrogen-bond acceptors (Lipinski definition) is 7. The summed E-state index contributed by atoms with van der Waals surface area (Å²) in [5.74, 6) is -0.862. The van der Waals surface area contributed by atoms with Crippen molar-refractivity contribution in [3.63, 3.8) is 0 Å². The molecule has 1 amide bonds. The number of anilines is 4. The van der Waals surface area contributed by atoms with Gasteiger partial charge in [0.15, 0.2) is 0 Å². The van der Waals surface area contributed by atoms with E-state index in [4.69, 9.17) is 4.74 Å². The lowest BCUT2D eigenvalue weighted by Gasteiger charge is -2.28. The Morgan fingerprint density at radius 3 is 2.49 bits per heavy atom. The molecule has 8 nitrogen and oxygen atoms in total. The summed E-state index contributed by atoms with van der Waals surface area (Å²) in [6, 6.07) is 14.1. The average molecular weight is 486 g/mol. The smallest absolute Gasteiger partial charge is 0.378 e. The van der Waals surface area contributed by atoms with Crippen LogP contribution in [-0.4, -0.2) is 49.2 Å². The Hall–Kier alpha value is -3.86. The summed E-state index contributed by atoms with van der Waals surface area (Å²) >= 11 is 0. The highest BCUT2D eigenvalue weighted by molar-refractivity contribution is 6.00. The number of ether oxygens (including phenoxy) is 1. The maximum Gasteiger partial charge on any atom is 0.421 e. The first-order valence-electron chi connectivity index (χ1n) is 11.0. The van der Waals surface area contributed by atoms with E-state index in [2.05, 4.69) is 30.8 Å². The highest BCUT2D eigenvalue weighted by Crippen LogP contribution is 2.35. The molecule has 0 saturated carbocycles. The predicted molar refractivity (Wildman–Crippen MR) is 127 cm³/mol. The van der Waals surface area contributed by atoms with E-state index in [-0.39, 0.29) is 17.2 Å². The number of halogens is 3. The van der Waals surface area contributed by atoms with Gasteiger partial charge in [-0.1, -0.05) is 24.3 Å². The molecule has 1 saturated heterocycles. The highest BCUT2D eigenvalue weighted by atomic mass is 19.4. The fourth-order valence-electron chi connectivity index (χ4n) is 3.65. The lowest BCUT2D eigenvalue weighted by atomic mass is 10.1. The molecule has 1 aliphatic heterocycles. The predicted octanol–water partition coefficient (Wildman–Crippen LogP) is 4.05. The summed E-state index contributed by atoms with van der Waals surface area (Å²) in [5, 5.41) is 8.10. The Kier molecular flexibility index (Phi) is 7.35. The van der Waals surface area contributed by atoms with E-state index in [1.165, 1.54) is 19.2 Å². The van der Waals surface area contributed by atoms with E-state index in [1.807, 2.05) is 24.3 Å². The van der Waals surface area contributed by atoms with Gasteiger partial charge in [0, 0.05) is 38.6 Å². The molecule has 2 heterocycles. The maximum absolute atomic E-state index is 13.6. The first kappa shape index (κ1) is 24.3. The number of carbonyl (C=O) groups excluding carboxylic acids is 1. The quantitative estimate of drug-likeness (QED) is 0.464. The zero-order chi connectivity index (χ0) is 24.8. The zero-order valence-corrected chi connectivity index (χ0v) is 19.0. The molecule has 0 atom stereocenters. The largest absolute Gasteiger partial charge is 0.421 e. The first-order chi connectivity index (χ1) is 16.8. The van der Waals surface area contributed by atoms with Crippen molar-refractivity contribution in [2.75, 3.05) is 48.9 Å². The van der Waals surface area contributed by atoms with Crippen LogP contribution < -0.4 is 20.9 Å². The van der Waals surface area contributed by atoms with Gasteiger partial charge in [0.25, 0.3) is 5.91 Å². The van der Waals surface area contributed by atoms with Crippen molar-refractivity contribution >= 4 is 29.0 Å². The summed E-state index contributed by atoms with van der Waals surface area (Å²) in [6.45, 7) is 3.37. The van der Waals surface area contributed by atoms with Gasteiger partial charge in [-0.25, -0.2) is 4.98 Å². The van der Waals surface area contributed by atoms with Crippen molar-refractivity contribution in [2.24, 2.45) is 0 Å². The lowest BCUT2D eigenvalue weighted by Crippen LogP contribution is -2.36. The van der Waals surface area contributed by atoms with Gasteiger partial charge >= 0.3 is 6.18 Å². The van der Waals surface area contributed by atoms with Gasteiger partial charge in [0.1, 0.15) is 11.4 Å². The molecule has 35 heavy (non-hydrogen) atoms. The molecule has 1 aliphatic rings. The highest BCUT2D eigenvalue weighted by Gasteiger charge is 2.35. The van der Waals surface area contributed by atoms with Crippen LogP contribution in [0.4, 0.5) is 36.3 Å². The average Bonchev–Trinajstić information content (AvgIpc) is 2.87. The number of para-hydroxylation sites is 1. The number of benzene rings is 2. The van der Waals surface area contributed by atoms with E-state index in [0.717, 1.165) is 30.5 Å². The molecule has 1 fully saturated rings. The van der Waals surface area contributed by atoms with Crippen LogP contribution in [0, 0.1) is 0 Å². The summed E-state index contributed by atoms with van der Waals surface area (Å²) in [4.78, 5) is 22.3. The van der Waals surface area contributed by atoms with Gasteiger partial charge < -0.3 is 25.6 Å². The Balaban J connectivity index is 1.52. The van der Waals surface area contributed by atoms with Gasteiger partial charge in [-0.15, -0.1) is 0 Å². The second kappa shape index (κ2) is 10.6. The van der Waals surface area contributed by atoms with E-state index in [0.29, 0.717) is 19.8 Å². The van der Waals surface area contributed by atoms with Crippen molar-refractivity contribution in [3.8, 4) is 0 Å². The molecule has 0 bridgehead atoms. The van der Waals surface area contributed by atoms with Crippen molar-refractivity contribution in [1.82, 2.24) is 15.3 Å². The fourth-order valence-corrected chi connectivity index (χ4v) is 3.65. The van der Waals surface area contributed by atoms with Gasteiger partial charge in [-0.2, -0.15) is 18.2 Å². The second-order valence-corrected chi connectivity index (χ2v) is 7.82. The molecule has 1 aromatic heterocycles. The summed E-state index contributed by atoms with van der Waals surface area (Å²) < 4.78 is 46.2. The van der Waals surface area contributed by atoms with Gasteiger partial charge in [0.2, 0.25) is 5.95 Å². The van der Waals surface area contributed by atoms with E-state index in [1.54, 1.807) is 12.1 Å². The van der Waals surface area contributed by atoms with Crippen LogP contribution in [0.25, 0.3) is 0 Å². The fraction of sp³-hybridized carbons (Fsp3) is 0.292. The zero-order valence-electron chi connectivity index (χ0n) is 19.0. The van der Waals surface area contributed by atoms with Crippen molar-refractivity contribution in [1.29, 1.82) is 0 Å². The van der Waals surface area contributed by atoms with Crippen molar-refractivity contribution in [3.05, 3.63) is 71.4 Å². The number of amides is 1. The number of nitrogens with one attached hydrogen (secondary N) is 3. The number of hydrogen-bond donors (Lipinski definition) is 3. The van der Waals surface area contributed by atoms with Crippen LogP contribution in [-0.2, 0) is 17.5 Å². The van der Waals surface area contributed by atoms with Crippen LogP contribution in [0.5, 0.6) is 0 Å². The molecule has 3 N–H and O–H groups in total. The molecule has 184 valence electrons. The van der Waals surface area contributed by atoms with Crippen LogP contribution in [0.2, 0.25) is 0 Å². The molecule has 2 aromatic carbocycles. The Labute approximate surface area is 200 Å². The third kappa shape index (κ3) is 5.99. The molecule has 3 aromatic rings. The van der Waals surface area contributed by atoms with Crippen LogP contribution >= 0.6 is 0 Å². The molecule has 11 heteroatoms. The summed E-state index contributed by atoms with van der Waals surface area (Å²) in [5.41, 5.74) is 1.36. The van der Waals surface area contributed by atoms with Crippen LogP contribution in [0.1, 0.15) is 21.5 Å². The number of rotatable bonds is 7. The molecule has 4 rings (SSSR count). The first-order valence-corrected chi connectivity index (χ1v) is 11.0. The van der Waals surface area contributed by atoms with Gasteiger partial charge in [-0.05, 0) is 29.8 Å². The van der Waals surface area contributed by atoms with Gasteiger partial charge in [-0.3, -0.25) is 4.79 Å². The molecule has 0 spiro atoms. The van der Waals surface area contributed by atoms with Crippen molar-refractivity contribution in [2.45, 2.75) is 12.7 Å². The molecule has 0 aliphatic carbocycles. The normalized spacial score (nSPS) is 13.9. The molecular formula is C24H25F3N6O2.